The summed E-state index contributed by atoms with van der Waals surface area (Å²) in [5, 5.41) is 4.11. The molecule has 2 atom stereocenters. The minimum atomic E-state index is 0.295. The van der Waals surface area contributed by atoms with Crippen LogP contribution in [0.25, 0.3) is 0 Å². The van der Waals surface area contributed by atoms with Crippen molar-refractivity contribution in [1.82, 2.24) is 9.97 Å². The number of hydrogen-bond donors (Lipinski definition) is 2. The maximum Gasteiger partial charge on any atom is 0.155 e. The molecule has 98 valence electrons. The zero-order valence-corrected chi connectivity index (χ0v) is 12.1. The van der Waals surface area contributed by atoms with E-state index >= 15 is 0 Å². The van der Waals surface area contributed by atoms with Crippen LogP contribution in [0.2, 0.25) is 0 Å². The van der Waals surface area contributed by atoms with Crippen LogP contribution in [-0.4, -0.2) is 32.0 Å². The van der Waals surface area contributed by atoms with Crippen molar-refractivity contribution in [3.63, 3.8) is 0 Å². The van der Waals surface area contributed by atoms with E-state index < -0.39 is 0 Å². The number of nitrogens with one attached hydrogen (secondary N) is 1. The molecule has 1 fully saturated rings. The normalized spacial score (nSPS) is 22.9. The van der Waals surface area contributed by atoms with Crippen molar-refractivity contribution in [3.05, 3.63) is 18.1 Å². The molecule has 2 unspecified atom stereocenters. The Labute approximate surface area is 117 Å². The Bertz CT molecular complexity index is 424. The van der Waals surface area contributed by atoms with Crippen molar-refractivity contribution in [3.8, 4) is 0 Å². The maximum atomic E-state index is 5.67. The van der Waals surface area contributed by atoms with Crippen LogP contribution in [-0.2, 0) is 0 Å². The van der Waals surface area contributed by atoms with Crippen molar-refractivity contribution in [2.75, 3.05) is 11.1 Å². The van der Waals surface area contributed by atoms with Crippen molar-refractivity contribution in [1.29, 1.82) is 0 Å². The van der Waals surface area contributed by atoms with E-state index in [1.807, 2.05) is 11.8 Å². The van der Waals surface area contributed by atoms with E-state index in [1.54, 1.807) is 12.4 Å². The van der Waals surface area contributed by atoms with Gasteiger partial charge < -0.3 is 11.1 Å². The summed E-state index contributed by atoms with van der Waals surface area (Å²) in [6, 6.07) is 0.444. The summed E-state index contributed by atoms with van der Waals surface area (Å²) in [6.45, 7) is 2.20. The molecule has 0 saturated heterocycles. The van der Waals surface area contributed by atoms with Gasteiger partial charge in [-0.1, -0.05) is 25.6 Å². The van der Waals surface area contributed by atoms with Crippen LogP contribution < -0.4 is 11.1 Å². The second-order valence-electron chi connectivity index (χ2n) is 4.29. The molecule has 0 radical (unpaired) electrons. The summed E-state index contributed by atoms with van der Waals surface area (Å²) in [5.74, 6) is 1.87. The fraction of sp³-hybridized carbons (Fsp3) is 0.583. The molecule has 1 aromatic heterocycles. The lowest BCUT2D eigenvalue weighted by Crippen LogP contribution is -2.28. The van der Waals surface area contributed by atoms with Crippen LogP contribution in [0, 0.1) is 0 Å². The standard InChI is InChI=1S/C12H18N4S2/c1-2-18-9-5-3-4-8(9)16-12-10(11(13)17)14-6-7-15-12/h6-9H,2-5H2,1H3,(H2,13,17)(H,15,16). The number of nitrogens with two attached hydrogens (primary N) is 1. The molecule has 0 bridgehead atoms. The summed E-state index contributed by atoms with van der Waals surface area (Å²) in [6.07, 6.45) is 6.98. The average Bonchev–Trinajstić information content (AvgIpc) is 2.78. The van der Waals surface area contributed by atoms with Gasteiger partial charge in [0.05, 0.1) is 0 Å². The van der Waals surface area contributed by atoms with Gasteiger partial charge in [-0.05, 0) is 18.6 Å². The Morgan fingerprint density at radius 2 is 2.28 bits per heavy atom. The third kappa shape index (κ3) is 3.11. The Morgan fingerprint density at radius 1 is 1.50 bits per heavy atom. The van der Waals surface area contributed by atoms with E-state index in [0.717, 1.165) is 11.6 Å². The SMILES string of the molecule is CCSC1CCCC1Nc1nccnc1C(N)=S. The smallest absolute Gasteiger partial charge is 0.155 e. The quantitative estimate of drug-likeness (QED) is 0.807. The zero-order valence-electron chi connectivity index (χ0n) is 10.4. The third-order valence-corrected chi connectivity index (χ3v) is 4.61. The molecular formula is C12H18N4S2. The minimum absolute atomic E-state index is 0.295. The number of anilines is 1. The van der Waals surface area contributed by atoms with Gasteiger partial charge in [-0.2, -0.15) is 11.8 Å². The predicted molar refractivity (Wildman–Crippen MR) is 81.1 cm³/mol. The number of hydrogen-bond acceptors (Lipinski definition) is 5. The highest BCUT2D eigenvalue weighted by molar-refractivity contribution is 7.99. The fourth-order valence-electron chi connectivity index (χ4n) is 2.30. The first-order chi connectivity index (χ1) is 8.72. The fourth-order valence-corrected chi connectivity index (χ4v) is 3.65. The Kier molecular flexibility index (Phi) is 4.77. The highest BCUT2D eigenvalue weighted by atomic mass is 32.2. The molecule has 1 aliphatic rings. The molecule has 18 heavy (non-hydrogen) atoms. The minimum Gasteiger partial charge on any atom is -0.388 e. The summed E-state index contributed by atoms with van der Waals surface area (Å²) in [5.41, 5.74) is 6.26. The van der Waals surface area contributed by atoms with Crippen LogP contribution in [0.5, 0.6) is 0 Å². The highest BCUT2D eigenvalue weighted by Crippen LogP contribution is 2.32. The van der Waals surface area contributed by atoms with Gasteiger partial charge in [-0.3, -0.25) is 0 Å². The second-order valence-corrected chi connectivity index (χ2v) is 6.25. The average molecular weight is 282 g/mol. The largest absolute Gasteiger partial charge is 0.388 e. The van der Waals surface area contributed by atoms with Crippen LogP contribution >= 0.6 is 24.0 Å². The Morgan fingerprint density at radius 3 is 3.00 bits per heavy atom. The van der Waals surface area contributed by atoms with Crippen molar-refractivity contribution < 1.29 is 0 Å². The molecule has 1 aromatic rings. The van der Waals surface area contributed by atoms with E-state index in [0.29, 0.717) is 22.0 Å². The molecule has 4 nitrogen and oxygen atoms in total. The molecule has 2 rings (SSSR count). The Hall–Kier alpha value is -0.880. The Balaban J connectivity index is 2.11. The number of thioether (sulfide) groups is 1. The first kappa shape index (κ1) is 13.5. The summed E-state index contributed by atoms with van der Waals surface area (Å²) in [7, 11) is 0. The lowest BCUT2D eigenvalue weighted by Gasteiger charge is -2.21. The molecule has 0 aliphatic heterocycles. The van der Waals surface area contributed by atoms with E-state index in [2.05, 4.69) is 22.2 Å². The molecule has 0 spiro atoms. The van der Waals surface area contributed by atoms with Crippen molar-refractivity contribution in [2.45, 2.75) is 37.5 Å². The monoisotopic (exact) mass is 282 g/mol. The van der Waals surface area contributed by atoms with Gasteiger partial charge in [0.1, 0.15) is 10.7 Å². The summed E-state index contributed by atoms with van der Waals surface area (Å²) in [4.78, 5) is 8.80. The van der Waals surface area contributed by atoms with E-state index in [9.17, 15) is 0 Å². The van der Waals surface area contributed by atoms with Gasteiger partial charge in [0.25, 0.3) is 0 Å². The van der Waals surface area contributed by atoms with Crippen molar-refractivity contribution >= 4 is 34.8 Å². The molecule has 6 heteroatoms. The molecule has 0 amide bonds. The van der Waals surface area contributed by atoms with Gasteiger partial charge >= 0.3 is 0 Å². The second kappa shape index (κ2) is 6.33. The predicted octanol–water partition coefficient (Wildman–Crippen LogP) is 2.20. The first-order valence-corrected chi connectivity index (χ1v) is 7.67. The van der Waals surface area contributed by atoms with Gasteiger partial charge in [0.15, 0.2) is 5.82 Å². The molecule has 3 N–H and O–H groups in total. The van der Waals surface area contributed by atoms with Gasteiger partial charge in [-0.25, -0.2) is 9.97 Å². The highest BCUT2D eigenvalue weighted by Gasteiger charge is 2.28. The van der Waals surface area contributed by atoms with Gasteiger partial charge in [-0.15, -0.1) is 0 Å². The molecular weight excluding hydrogens is 264 g/mol. The lowest BCUT2D eigenvalue weighted by molar-refractivity contribution is 0.761. The van der Waals surface area contributed by atoms with Crippen molar-refractivity contribution in [2.24, 2.45) is 5.73 Å². The lowest BCUT2D eigenvalue weighted by atomic mass is 10.2. The van der Waals surface area contributed by atoms with Crippen LogP contribution in [0.15, 0.2) is 12.4 Å². The number of thiocarbonyl (C=S) groups is 1. The van der Waals surface area contributed by atoms with E-state index in [-0.39, 0.29) is 0 Å². The van der Waals surface area contributed by atoms with Crippen LogP contribution in [0.4, 0.5) is 5.82 Å². The zero-order chi connectivity index (χ0) is 13.0. The molecule has 1 saturated carbocycles. The maximum absolute atomic E-state index is 5.67. The van der Waals surface area contributed by atoms with Gasteiger partial charge in [0.2, 0.25) is 0 Å². The third-order valence-electron chi connectivity index (χ3n) is 3.09. The molecule has 0 aromatic carbocycles. The topological polar surface area (TPSA) is 63.8 Å². The number of nitrogens with zero attached hydrogens (tertiary/aromatic N) is 2. The number of rotatable bonds is 5. The summed E-state index contributed by atoms with van der Waals surface area (Å²) < 4.78 is 0. The summed E-state index contributed by atoms with van der Waals surface area (Å²) >= 11 is 7.01. The molecule has 1 heterocycles. The van der Waals surface area contributed by atoms with Crippen LogP contribution in [0.3, 0.4) is 0 Å². The number of aromatic nitrogens is 2. The van der Waals surface area contributed by atoms with Gasteiger partial charge in [0, 0.05) is 23.7 Å². The first-order valence-electron chi connectivity index (χ1n) is 6.21. The van der Waals surface area contributed by atoms with E-state index in [1.165, 1.54) is 19.3 Å². The molecule has 1 aliphatic carbocycles. The van der Waals surface area contributed by atoms with Crippen LogP contribution in [0.1, 0.15) is 31.9 Å². The van der Waals surface area contributed by atoms with E-state index in [4.69, 9.17) is 18.0 Å².